The zero-order valence-corrected chi connectivity index (χ0v) is 6.24. The van der Waals surface area contributed by atoms with Crippen LogP contribution in [0.25, 0.3) is 0 Å². The molecular formula is C6H8N2O3. The molecule has 0 radical (unpaired) electrons. The highest BCUT2D eigenvalue weighted by Gasteiger charge is 2.10. The first-order chi connectivity index (χ1) is 5.04. The molecule has 0 aliphatic carbocycles. The number of imidazole rings is 1. The molecule has 0 bridgehead atoms. The molecular weight excluding hydrogens is 148 g/mol. The van der Waals surface area contributed by atoms with Crippen molar-refractivity contribution in [1.29, 1.82) is 0 Å². The van der Waals surface area contributed by atoms with E-state index in [0.29, 0.717) is 0 Å². The maximum Gasteiger partial charge on any atom is 0.354 e. The molecule has 0 unspecified atom stereocenters. The van der Waals surface area contributed by atoms with Crippen LogP contribution in [0.1, 0.15) is 10.5 Å². The number of carboxylic acid groups (broad SMARTS) is 1. The van der Waals surface area contributed by atoms with E-state index in [9.17, 15) is 9.59 Å². The van der Waals surface area contributed by atoms with Crippen LogP contribution in [0.3, 0.4) is 0 Å². The number of aromatic carboxylic acids is 1. The summed E-state index contributed by atoms with van der Waals surface area (Å²) in [7, 11) is 2.93. The second kappa shape index (κ2) is 2.26. The first-order valence-corrected chi connectivity index (χ1v) is 2.99. The number of carboxylic acids is 1. The van der Waals surface area contributed by atoms with Crippen molar-refractivity contribution < 1.29 is 9.90 Å². The van der Waals surface area contributed by atoms with Crippen molar-refractivity contribution in [1.82, 2.24) is 9.13 Å². The molecule has 1 N–H and O–H groups in total. The zero-order chi connectivity index (χ0) is 8.59. The Bertz CT molecular complexity index is 347. The lowest BCUT2D eigenvalue weighted by molar-refractivity contribution is 0.0686. The first-order valence-electron chi connectivity index (χ1n) is 2.99. The van der Waals surface area contributed by atoms with Gasteiger partial charge >= 0.3 is 11.7 Å². The van der Waals surface area contributed by atoms with Crippen molar-refractivity contribution in [3.05, 3.63) is 22.4 Å². The second-order valence-corrected chi connectivity index (χ2v) is 2.27. The van der Waals surface area contributed by atoms with E-state index in [1.807, 2.05) is 0 Å². The Hall–Kier alpha value is -1.52. The lowest BCUT2D eigenvalue weighted by Gasteiger charge is -1.90. The quantitative estimate of drug-likeness (QED) is 0.591. The zero-order valence-electron chi connectivity index (χ0n) is 6.24. The Morgan fingerprint density at radius 2 is 2.09 bits per heavy atom. The number of aryl methyl sites for hydroxylation is 1. The fourth-order valence-electron chi connectivity index (χ4n) is 0.864. The van der Waals surface area contributed by atoms with Crippen LogP contribution in [0.2, 0.25) is 0 Å². The highest BCUT2D eigenvalue weighted by atomic mass is 16.4. The van der Waals surface area contributed by atoms with Crippen molar-refractivity contribution in [2.45, 2.75) is 0 Å². The Balaban J connectivity index is 3.42. The summed E-state index contributed by atoms with van der Waals surface area (Å²) in [6.07, 6.45) is 1.28. The molecule has 0 fully saturated rings. The van der Waals surface area contributed by atoms with Crippen LogP contribution in [0.5, 0.6) is 0 Å². The van der Waals surface area contributed by atoms with E-state index in [1.165, 1.54) is 24.9 Å². The summed E-state index contributed by atoms with van der Waals surface area (Å²) in [6, 6.07) is 0. The summed E-state index contributed by atoms with van der Waals surface area (Å²) in [5, 5.41) is 8.53. The molecule has 0 aliphatic rings. The Morgan fingerprint density at radius 3 is 2.27 bits per heavy atom. The van der Waals surface area contributed by atoms with Crippen LogP contribution in [-0.4, -0.2) is 20.2 Å². The van der Waals surface area contributed by atoms with Crippen LogP contribution in [0.15, 0.2) is 11.0 Å². The summed E-state index contributed by atoms with van der Waals surface area (Å²) in [4.78, 5) is 21.4. The van der Waals surface area contributed by atoms with Crippen molar-refractivity contribution in [3.63, 3.8) is 0 Å². The molecule has 0 saturated carbocycles. The minimum Gasteiger partial charge on any atom is -0.477 e. The molecule has 1 aromatic heterocycles. The number of rotatable bonds is 1. The highest BCUT2D eigenvalue weighted by molar-refractivity contribution is 5.85. The molecule has 0 saturated heterocycles. The van der Waals surface area contributed by atoms with Gasteiger partial charge < -0.3 is 9.67 Å². The summed E-state index contributed by atoms with van der Waals surface area (Å²) >= 11 is 0. The molecule has 0 spiro atoms. The smallest absolute Gasteiger partial charge is 0.354 e. The Labute approximate surface area is 62.5 Å². The van der Waals surface area contributed by atoms with E-state index in [-0.39, 0.29) is 11.4 Å². The maximum atomic E-state index is 11.0. The van der Waals surface area contributed by atoms with E-state index in [0.717, 1.165) is 4.57 Å². The van der Waals surface area contributed by atoms with Gasteiger partial charge in [-0.3, -0.25) is 4.57 Å². The van der Waals surface area contributed by atoms with Crippen molar-refractivity contribution >= 4 is 5.97 Å². The first kappa shape index (κ1) is 7.59. The number of carbonyl (C=O) groups is 1. The number of hydrogen-bond donors (Lipinski definition) is 1. The van der Waals surface area contributed by atoms with Crippen LogP contribution >= 0.6 is 0 Å². The van der Waals surface area contributed by atoms with E-state index in [1.54, 1.807) is 0 Å². The van der Waals surface area contributed by atoms with E-state index in [2.05, 4.69) is 0 Å². The van der Waals surface area contributed by atoms with Crippen molar-refractivity contribution in [3.8, 4) is 0 Å². The molecule has 0 aromatic carbocycles. The summed E-state index contributed by atoms with van der Waals surface area (Å²) in [5.41, 5.74) is -0.333. The topological polar surface area (TPSA) is 64.2 Å². The van der Waals surface area contributed by atoms with Gasteiger partial charge in [0, 0.05) is 20.3 Å². The Morgan fingerprint density at radius 1 is 1.55 bits per heavy atom. The molecule has 1 aromatic rings. The normalized spacial score (nSPS) is 10.0. The number of nitrogens with zero attached hydrogens (tertiary/aromatic N) is 2. The Kier molecular flexibility index (Phi) is 1.56. The van der Waals surface area contributed by atoms with Gasteiger partial charge in [0.05, 0.1) is 0 Å². The molecule has 0 amide bonds. The van der Waals surface area contributed by atoms with Crippen molar-refractivity contribution in [2.75, 3.05) is 0 Å². The van der Waals surface area contributed by atoms with Crippen LogP contribution in [0.4, 0.5) is 0 Å². The largest absolute Gasteiger partial charge is 0.477 e. The third kappa shape index (κ3) is 1.04. The van der Waals surface area contributed by atoms with Gasteiger partial charge in [-0.1, -0.05) is 0 Å². The third-order valence-corrected chi connectivity index (χ3v) is 1.49. The maximum absolute atomic E-state index is 11.0. The highest BCUT2D eigenvalue weighted by Crippen LogP contribution is 1.92. The molecule has 60 valence electrons. The van der Waals surface area contributed by atoms with Crippen LogP contribution in [0, 0.1) is 0 Å². The van der Waals surface area contributed by atoms with Gasteiger partial charge in [0.15, 0.2) is 0 Å². The minimum absolute atomic E-state index is 0.00231. The molecule has 0 aliphatic heterocycles. The summed E-state index contributed by atoms with van der Waals surface area (Å²) in [5.74, 6) is -1.09. The summed E-state index contributed by atoms with van der Waals surface area (Å²) < 4.78 is 2.31. The number of hydrogen-bond acceptors (Lipinski definition) is 2. The molecule has 5 heteroatoms. The van der Waals surface area contributed by atoms with Gasteiger partial charge in [-0.2, -0.15) is 0 Å². The van der Waals surface area contributed by atoms with Crippen molar-refractivity contribution in [2.24, 2.45) is 14.1 Å². The van der Waals surface area contributed by atoms with Gasteiger partial charge in [-0.05, 0) is 0 Å². The molecule has 1 rings (SSSR count). The molecule has 1 heterocycles. The third-order valence-electron chi connectivity index (χ3n) is 1.49. The van der Waals surface area contributed by atoms with Gasteiger partial charge in [-0.15, -0.1) is 0 Å². The van der Waals surface area contributed by atoms with Crippen LogP contribution in [-0.2, 0) is 14.1 Å². The molecule has 0 atom stereocenters. The average molecular weight is 156 g/mol. The lowest BCUT2D eigenvalue weighted by atomic mass is 10.5. The van der Waals surface area contributed by atoms with E-state index < -0.39 is 5.97 Å². The number of aromatic nitrogens is 2. The average Bonchev–Trinajstić information content (AvgIpc) is 2.17. The van der Waals surface area contributed by atoms with Gasteiger partial charge in [0.25, 0.3) is 0 Å². The standard InChI is InChI=1S/C6H8N2O3/c1-7-3-4(5(9)10)8(2)6(7)11/h3H,1-2H3,(H,9,10). The minimum atomic E-state index is -1.09. The van der Waals surface area contributed by atoms with Crippen LogP contribution < -0.4 is 5.69 Å². The van der Waals surface area contributed by atoms with Gasteiger partial charge in [-0.25, -0.2) is 9.59 Å². The predicted molar refractivity (Wildman–Crippen MR) is 37.6 cm³/mol. The van der Waals surface area contributed by atoms with E-state index >= 15 is 0 Å². The van der Waals surface area contributed by atoms with Gasteiger partial charge in [0.1, 0.15) is 5.69 Å². The summed E-state index contributed by atoms with van der Waals surface area (Å²) in [6.45, 7) is 0. The lowest BCUT2D eigenvalue weighted by Crippen LogP contribution is -2.21. The monoisotopic (exact) mass is 156 g/mol. The molecule has 11 heavy (non-hydrogen) atoms. The van der Waals surface area contributed by atoms with Gasteiger partial charge in [0.2, 0.25) is 0 Å². The fourth-order valence-corrected chi connectivity index (χ4v) is 0.864. The van der Waals surface area contributed by atoms with E-state index in [4.69, 9.17) is 5.11 Å². The predicted octanol–water partition coefficient (Wildman–Crippen LogP) is -0.578. The molecule has 5 nitrogen and oxygen atoms in total. The SMILES string of the molecule is Cn1cc(C(=O)O)n(C)c1=O. The second-order valence-electron chi connectivity index (χ2n) is 2.27. The fraction of sp³-hybridized carbons (Fsp3) is 0.333.